The fourth-order valence-electron chi connectivity index (χ4n) is 1.40. The summed E-state index contributed by atoms with van der Waals surface area (Å²) in [4.78, 5) is 12.0. The van der Waals surface area contributed by atoms with Gasteiger partial charge in [-0.05, 0) is 38.8 Å². The Labute approximate surface area is 115 Å². The van der Waals surface area contributed by atoms with E-state index in [1.807, 2.05) is 38.1 Å². The molecular weight excluding hydrogens is 240 g/mol. The van der Waals surface area contributed by atoms with E-state index in [-0.39, 0.29) is 12.0 Å². The van der Waals surface area contributed by atoms with E-state index < -0.39 is 5.54 Å². The third-order valence-corrected chi connectivity index (χ3v) is 3.26. The number of hydrogen-bond acceptors (Lipinski definition) is 3. The largest absolute Gasteiger partial charge is 0.491 e. The van der Waals surface area contributed by atoms with E-state index >= 15 is 0 Å². The molecule has 1 amide bonds. The molecule has 19 heavy (non-hydrogen) atoms. The molecule has 0 aliphatic carbocycles. The van der Waals surface area contributed by atoms with Crippen LogP contribution in [0.15, 0.2) is 24.3 Å². The second-order valence-corrected chi connectivity index (χ2v) is 5.09. The van der Waals surface area contributed by atoms with Crippen LogP contribution in [0.3, 0.4) is 0 Å². The van der Waals surface area contributed by atoms with Crippen molar-refractivity contribution >= 4 is 11.6 Å². The summed E-state index contributed by atoms with van der Waals surface area (Å²) in [6.45, 7) is 7.70. The van der Waals surface area contributed by atoms with Gasteiger partial charge in [-0.25, -0.2) is 0 Å². The minimum atomic E-state index is -0.854. The summed E-state index contributed by atoms with van der Waals surface area (Å²) in [7, 11) is 0. The lowest BCUT2D eigenvalue weighted by molar-refractivity contribution is -0.120. The van der Waals surface area contributed by atoms with E-state index in [9.17, 15) is 4.79 Å². The number of nitrogens with two attached hydrogens (primary N) is 1. The molecule has 2 atom stereocenters. The normalized spacial score (nSPS) is 15.4. The molecule has 4 nitrogen and oxygen atoms in total. The molecule has 0 radical (unpaired) electrons. The minimum absolute atomic E-state index is 0.154. The van der Waals surface area contributed by atoms with Crippen molar-refractivity contribution in [2.24, 2.45) is 5.73 Å². The van der Waals surface area contributed by atoms with Gasteiger partial charge in [0.2, 0.25) is 5.91 Å². The molecule has 0 aromatic heterocycles. The minimum Gasteiger partial charge on any atom is -0.491 e. The molecule has 106 valence electrons. The third kappa shape index (κ3) is 4.56. The highest BCUT2D eigenvalue weighted by Crippen LogP contribution is 2.20. The molecule has 0 heterocycles. The Balaban J connectivity index is 2.75. The van der Waals surface area contributed by atoms with Crippen molar-refractivity contribution in [3.63, 3.8) is 0 Å². The van der Waals surface area contributed by atoms with Crippen LogP contribution < -0.4 is 15.8 Å². The van der Waals surface area contributed by atoms with E-state index in [2.05, 4.69) is 12.2 Å². The van der Waals surface area contributed by atoms with Gasteiger partial charge in [-0.1, -0.05) is 19.9 Å². The standard InChI is InChI=1S/C15H24N2O2/c1-5-11(3)19-13-9-7-8-12(10-13)17-14(18)15(4,16)6-2/h7-11H,5-6,16H2,1-4H3,(H,17,18). The molecule has 1 aromatic carbocycles. The Kier molecular flexibility index (Phi) is 5.36. The zero-order chi connectivity index (χ0) is 14.5. The van der Waals surface area contributed by atoms with Crippen molar-refractivity contribution in [3.8, 4) is 5.75 Å². The summed E-state index contributed by atoms with van der Waals surface area (Å²) in [6, 6.07) is 7.37. The summed E-state index contributed by atoms with van der Waals surface area (Å²) in [5, 5.41) is 2.82. The topological polar surface area (TPSA) is 64.3 Å². The quantitative estimate of drug-likeness (QED) is 0.830. The maximum Gasteiger partial charge on any atom is 0.244 e. The number of ether oxygens (including phenoxy) is 1. The van der Waals surface area contributed by atoms with Gasteiger partial charge in [-0.3, -0.25) is 4.79 Å². The third-order valence-electron chi connectivity index (χ3n) is 3.26. The number of nitrogens with one attached hydrogen (secondary N) is 1. The molecule has 0 saturated carbocycles. The molecule has 0 aliphatic rings. The van der Waals surface area contributed by atoms with Crippen molar-refractivity contribution in [2.75, 3.05) is 5.32 Å². The first-order valence-electron chi connectivity index (χ1n) is 6.76. The lowest BCUT2D eigenvalue weighted by atomic mass is 9.99. The van der Waals surface area contributed by atoms with Crippen molar-refractivity contribution in [3.05, 3.63) is 24.3 Å². The molecule has 0 saturated heterocycles. The molecule has 1 aromatic rings. The van der Waals surface area contributed by atoms with Crippen LogP contribution in [0.4, 0.5) is 5.69 Å². The van der Waals surface area contributed by atoms with Crippen molar-refractivity contribution in [1.29, 1.82) is 0 Å². The Morgan fingerprint density at radius 2 is 2.16 bits per heavy atom. The molecule has 0 aliphatic heterocycles. The van der Waals surface area contributed by atoms with Crippen LogP contribution in [-0.4, -0.2) is 17.6 Å². The number of carbonyl (C=O) groups is 1. The van der Waals surface area contributed by atoms with Gasteiger partial charge in [-0.15, -0.1) is 0 Å². The second-order valence-electron chi connectivity index (χ2n) is 5.09. The fourth-order valence-corrected chi connectivity index (χ4v) is 1.40. The molecule has 4 heteroatoms. The van der Waals surface area contributed by atoms with Crippen LogP contribution in [0, 0.1) is 0 Å². The van der Waals surface area contributed by atoms with E-state index in [4.69, 9.17) is 10.5 Å². The Morgan fingerprint density at radius 1 is 1.47 bits per heavy atom. The Hall–Kier alpha value is -1.55. The SMILES string of the molecule is CCC(C)Oc1cccc(NC(=O)C(C)(N)CC)c1. The van der Waals surface area contributed by atoms with Crippen LogP contribution in [0.2, 0.25) is 0 Å². The van der Waals surface area contributed by atoms with Gasteiger partial charge < -0.3 is 15.8 Å². The summed E-state index contributed by atoms with van der Waals surface area (Å²) >= 11 is 0. The molecule has 3 N–H and O–H groups in total. The molecule has 0 bridgehead atoms. The lowest BCUT2D eigenvalue weighted by Gasteiger charge is -2.21. The van der Waals surface area contributed by atoms with Crippen LogP contribution in [0.5, 0.6) is 5.75 Å². The van der Waals surface area contributed by atoms with Gasteiger partial charge in [0.15, 0.2) is 0 Å². The fraction of sp³-hybridized carbons (Fsp3) is 0.533. The van der Waals surface area contributed by atoms with Gasteiger partial charge in [0.1, 0.15) is 5.75 Å². The van der Waals surface area contributed by atoms with Gasteiger partial charge in [0.05, 0.1) is 11.6 Å². The zero-order valence-electron chi connectivity index (χ0n) is 12.2. The molecule has 0 spiro atoms. The molecular formula is C15H24N2O2. The Bertz CT molecular complexity index is 430. The van der Waals surface area contributed by atoms with Crippen LogP contribution >= 0.6 is 0 Å². The number of anilines is 1. The predicted octanol–water partition coefficient (Wildman–Crippen LogP) is 2.93. The monoisotopic (exact) mass is 264 g/mol. The maximum absolute atomic E-state index is 12.0. The van der Waals surface area contributed by atoms with Crippen molar-refractivity contribution in [1.82, 2.24) is 0 Å². The molecule has 2 unspecified atom stereocenters. The summed E-state index contributed by atoms with van der Waals surface area (Å²) in [5.74, 6) is 0.568. The second kappa shape index (κ2) is 6.57. The molecule has 1 rings (SSSR count). The maximum atomic E-state index is 12.0. The first-order valence-corrected chi connectivity index (χ1v) is 6.76. The number of rotatable bonds is 6. The van der Waals surface area contributed by atoms with E-state index in [0.717, 1.165) is 12.2 Å². The van der Waals surface area contributed by atoms with E-state index in [1.54, 1.807) is 6.92 Å². The highest BCUT2D eigenvalue weighted by molar-refractivity contribution is 5.97. The van der Waals surface area contributed by atoms with E-state index in [1.165, 1.54) is 0 Å². The highest BCUT2D eigenvalue weighted by atomic mass is 16.5. The number of carbonyl (C=O) groups excluding carboxylic acids is 1. The summed E-state index contributed by atoms with van der Waals surface area (Å²) in [5.41, 5.74) is 5.76. The van der Waals surface area contributed by atoms with E-state index in [0.29, 0.717) is 12.1 Å². The number of amides is 1. The number of benzene rings is 1. The first-order chi connectivity index (χ1) is 8.89. The van der Waals surface area contributed by atoms with Crippen LogP contribution in [0.25, 0.3) is 0 Å². The summed E-state index contributed by atoms with van der Waals surface area (Å²) < 4.78 is 5.72. The average molecular weight is 264 g/mol. The van der Waals surface area contributed by atoms with Gasteiger partial charge in [-0.2, -0.15) is 0 Å². The van der Waals surface area contributed by atoms with Crippen molar-refractivity contribution in [2.45, 2.75) is 52.2 Å². The van der Waals surface area contributed by atoms with Gasteiger partial charge in [0.25, 0.3) is 0 Å². The summed E-state index contributed by atoms with van der Waals surface area (Å²) in [6.07, 6.45) is 1.68. The predicted molar refractivity (Wildman–Crippen MR) is 78.3 cm³/mol. The first kappa shape index (κ1) is 15.5. The smallest absolute Gasteiger partial charge is 0.244 e. The van der Waals surface area contributed by atoms with Crippen LogP contribution in [-0.2, 0) is 4.79 Å². The lowest BCUT2D eigenvalue weighted by Crippen LogP contribution is -2.47. The van der Waals surface area contributed by atoms with Crippen LogP contribution in [0.1, 0.15) is 40.5 Å². The molecule has 0 fully saturated rings. The average Bonchev–Trinajstić information content (AvgIpc) is 2.38. The van der Waals surface area contributed by atoms with Gasteiger partial charge >= 0.3 is 0 Å². The van der Waals surface area contributed by atoms with Crippen molar-refractivity contribution < 1.29 is 9.53 Å². The van der Waals surface area contributed by atoms with Gasteiger partial charge in [0, 0.05) is 11.8 Å². The highest BCUT2D eigenvalue weighted by Gasteiger charge is 2.25. The Morgan fingerprint density at radius 3 is 2.74 bits per heavy atom. The zero-order valence-corrected chi connectivity index (χ0v) is 12.2. The number of hydrogen-bond donors (Lipinski definition) is 2.